The van der Waals surface area contributed by atoms with Crippen LogP contribution >= 0.6 is 0 Å². The monoisotopic (exact) mass is 163 g/mol. The lowest BCUT2D eigenvalue weighted by atomic mass is 10.0. The van der Waals surface area contributed by atoms with E-state index in [2.05, 4.69) is 4.99 Å². The summed E-state index contributed by atoms with van der Waals surface area (Å²) in [6, 6.07) is 6.46. The molecule has 2 rings (SSSR count). The van der Waals surface area contributed by atoms with Crippen molar-refractivity contribution in [1.82, 2.24) is 0 Å². The van der Waals surface area contributed by atoms with E-state index in [4.69, 9.17) is 0 Å². The molecule has 0 spiro atoms. The zero-order valence-electron chi connectivity index (χ0n) is 7.13. The van der Waals surface area contributed by atoms with Crippen LogP contribution in [0.2, 0.25) is 0 Å². The topological polar surface area (TPSA) is 12.4 Å². The van der Waals surface area contributed by atoms with Gasteiger partial charge in [0.1, 0.15) is 5.82 Å². The Labute approximate surface area is 70.9 Å². The predicted octanol–water partition coefficient (Wildman–Crippen LogP) is 2.41. The summed E-state index contributed by atoms with van der Waals surface area (Å²) in [6.45, 7) is 4.09. The normalized spacial score (nSPS) is 18.8. The van der Waals surface area contributed by atoms with Gasteiger partial charge in [-0.1, -0.05) is 12.1 Å². The van der Waals surface area contributed by atoms with Crippen LogP contribution in [0.3, 0.4) is 0 Å². The summed E-state index contributed by atoms with van der Waals surface area (Å²) in [4.78, 5) is 4.28. The van der Waals surface area contributed by atoms with Crippen molar-refractivity contribution >= 4 is 5.71 Å². The average Bonchev–Trinajstić information content (AvgIpc) is 2.61. The van der Waals surface area contributed by atoms with Crippen LogP contribution in [0.5, 0.6) is 0 Å². The number of rotatable bonds is 1. The molecule has 0 bridgehead atoms. The first-order valence-corrected chi connectivity index (χ1v) is 3.96. The van der Waals surface area contributed by atoms with Crippen molar-refractivity contribution in [3.63, 3.8) is 0 Å². The molecule has 0 aromatic heterocycles. The first-order valence-electron chi connectivity index (χ1n) is 3.96. The van der Waals surface area contributed by atoms with Gasteiger partial charge in [0.05, 0.1) is 11.3 Å². The van der Waals surface area contributed by atoms with Crippen molar-refractivity contribution in [3.8, 4) is 0 Å². The van der Waals surface area contributed by atoms with Crippen LogP contribution in [-0.2, 0) is 0 Å². The summed E-state index contributed by atoms with van der Waals surface area (Å²) in [6.07, 6.45) is 0. The largest absolute Gasteiger partial charge is 0.274 e. The van der Waals surface area contributed by atoms with Crippen molar-refractivity contribution in [1.29, 1.82) is 0 Å². The molecule has 1 aromatic rings. The molecule has 0 N–H and O–H groups in total. The molecule has 0 fully saturated rings. The Kier molecular flexibility index (Phi) is 1.34. The molecular formula is C10H10FN. The summed E-state index contributed by atoms with van der Waals surface area (Å²) in [5.74, 6) is -0.196. The maximum absolute atomic E-state index is 12.5. The lowest BCUT2D eigenvalue weighted by molar-refractivity contribution is 0.627. The Hall–Kier alpha value is -1.18. The number of benzene rings is 1. The molecule has 0 saturated carbocycles. The third-order valence-corrected chi connectivity index (χ3v) is 2.04. The Morgan fingerprint density at radius 2 is 1.67 bits per heavy atom. The minimum absolute atomic E-state index is 0.0160. The Bertz CT molecular complexity index is 335. The Balaban J connectivity index is 2.27. The van der Waals surface area contributed by atoms with Crippen LogP contribution in [0.15, 0.2) is 29.3 Å². The van der Waals surface area contributed by atoms with Gasteiger partial charge in [-0.2, -0.15) is 0 Å². The van der Waals surface area contributed by atoms with Gasteiger partial charge in [0.25, 0.3) is 0 Å². The second kappa shape index (κ2) is 2.16. The molecule has 62 valence electrons. The molecule has 1 heterocycles. The van der Waals surface area contributed by atoms with E-state index in [1.807, 2.05) is 13.8 Å². The fraction of sp³-hybridized carbons (Fsp3) is 0.300. The Morgan fingerprint density at radius 1 is 1.17 bits per heavy atom. The maximum Gasteiger partial charge on any atom is 0.123 e. The average molecular weight is 163 g/mol. The lowest BCUT2D eigenvalue weighted by Gasteiger charge is -1.98. The predicted molar refractivity (Wildman–Crippen MR) is 47.0 cm³/mol. The SMILES string of the molecule is CC1(C)N=C1c1ccc(F)cc1. The highest BCUT2D eigenvalue weighted by Gasteiger charge is 2.37. The maximum atomic E-state index is 12.5. The minimum Gasteiger partial charge on any atom is -0.274 e. The number of hydrogen-bond acceptors (Lipinski definition) is 1. The molecule has 1 nitrogen and oxygen atoms in total. The van der Waals surface area contributed by atoms with Gasteiger partial charge in [-0.25, -0.2) is 4.39 Å². The first-order chi connectivity index (χ1) is 5.59. The van der Waals surface area contributed by atoms with Crippen molar-refractivity contribution in [2.24, 2.45) is 4.99 Å². The zero-order valence-corrected chi connectivity index (χ0v) is 7.13. The van der Waals surface area contributed by atoms with Gasteiger partial charge >= 0.3 is 0 Å². The minimum atomic E-state index is -0.196. The number of aliphatic imine (C=N–C) groups is 1. The van der Waals surface area contributed by atoms with Crippen LogP contribution in [-0.4, -0.2) is 11.3 Å². The molecule has 0 atom stereocenters. The molecule has 0 amide bonds. The van der Waals surface area contributed by atoms with Crippen molar-refractivity contribution < 1.29 is 4.39 Å². The highest BCUT2D eigenvalue weighted by Crippen LogP contribution is 2.31. The van der Waals surface area contributed by atoms with Crippen LogP contribution in [0, 0.1) is 5.82 Å². The van der Waals surface area contributed by atoms with E-state index >= 15 is 0 Å². The van der Waals surface area contributed by atoms with E-state index in [0.29, 0.717) is 0 Å². The summed E-state index contributed by atoms with van der Waals surface area (Å²) in [7, 11) is 0. The lowest BCUT2D eigenvalue weighted by Crippen LogP contribution is -2.08. The first kappa shape index (κ1) is 7.47. The molecule has 0 unspecified atom stereocenters. The van der Waals surface area contributed by atoms with Gasteiger partial charge in [-0.3, -0.25) is 4.99 Å². The number of nitrogens with zero attached hydrogens (tertiary/aromatic N) is 1. The smallest absolute Gasteiger partial charge is 0.123 e. The number of hydrogen-bond donors (Lipinski definition) is 0. The van der Waals surface area contributed by atoms with E-state index in [0.717, 1.165) is 11.3 Å². The molecule has 0 aliphatic carbocycles. The zero-order chi connectivity index (χ0) is 8.77. The molecule has 1 aromatic carbocycles. The van der Waals surface area contributed by atoms with Gasteiger partial charge in [-0.15, -0.1) is 0 Å². The quantitative estimate of drug-likeness (QED) is 0.602. The van der Waals surface area contributed by atoms with E-state index in [1.54, 1.807) is 12.1 Å². The van der Waals surface area contributed by atoms with Crippen LogP contribution < -0.4 is 0 Å². The molecule has 1 aliphatic heterocycles. The summed E-state index contributed by atoms with van der Waals surface area (Å²) < 4.78 is 12.5. The highest BCUT2D eigenvalue weighted by molar-refractivity contribution is 6.16. The second-order valence-corrected chi connectivity index (χ2v) is 3.53. The molecule has 0 radical (unpaired) electrons. The van der Waals surface area contributed by atoms with Crippen LogP contribution in [0.1, 0.15) is 19.4 Å². The van der Waals surface area contributed by atoms with E-state index in [-0.39, 0.29) is 11.4 Å². The molecular weight excluding hydrogens is 153 g/mol. The van der Waals surface area contributed by atoms with Gasteiger partial charge in [0.2, 0.25) is 0 Å². The summed E-state index contributed by atoms with van der Waals surface area (Å²) >= 11 is 0. The van der Waals surface area contributed by atoms with Gasteiger partial charge in [0.15, 0.2) is 0 Å². The number of halogens is 1. The van der Waals surface area contributed by atoms with E-state index in [1.165, 1.54) is 12.1 Å². The summed E-state index contributed by atoms with van der Waals surface area (Å²) in [5, 5.41) is 0. The molecule has 12 heavy (non-hydrogen) atoms. The van der Waals surface area contributed by atoms with Crippen LogP contribution in [0.4, 0.5) is 4.39 Å². The van der Waals surface area contributed by atoms with Gasteiger partial charge in [0, 0.05) is 0 Å². The van der Waals surface area contributed by atoms with Crippen LogP contribution in [0.25, 0.3) is 0 Å². The molecule has 1 aliphatic rings. The van der Waals surface area contributed by atoms with Gasteiger partial charge in [-0.05, 0) is 31.5 Å². The van der Waals surface area contributed by atoms with Gasteiger partial charge < -0.3 is 0 Å². The molecule has 0 saturated heterocycles. The van der Waals surface area contributed by atoms with Crippen molar-refractivity contribution in [3.05, 3.63) is 35.6 Å². The fourth-order valence-electron chi connectivity index (χ4n) is 1.28. The third kappa shape index (κ3) is 1.13. The Morgan fingerprint density at radius 3 is 2.08 bits per heavy atom. The third-order valence-electron chi connectivity index (χ3n) is 2.04. The highest BCUT2D eigenvalue weighted by atomic mass is 19.1. The summed E-state index contributed by atoms with van der Waals surface area (Å²) in [5.41, 5.74) is 2.08. The van der Waals surface area contributed by atoms with Crippen molar-refractivity contribution in [2.45, 2.75) is 19.4 Å². The fourth-order valence-corrected chi connectivity index (χ4v) is 1.28. The standard InChI is InChI=1S/C10H10FN/c1-10(2)9(12-10)7-3-5-8(11)6-4-7/h3-6H,1-2H3. The second-order valence-electron chi connectivity index (χ2n) is 3.53. The van der Waals surface area contributed by atoms with E-state index < -0.39 is 0 Å². The molecule has 2 heteroatoms. The van der Waals surface area contributed by atoms with E-state index in [9.17, 15) is 4.39 Å². The van der Waals surface area contributed by atoms with Crippen molar-refractivity contribution in [2.75, 3.05) is 0 Å².